The number of amides is 1. The Bertz CT molecular complexity index is 1210. The van der Waals surface area contributed by atoms with Crippen molar-refractivity contribution in [2.24, 2.45) is 0 Å². The maximum atomic E-state index is 13.4. The van der Waals surface area contributed by atoms with E-state index in [2.05, 4.69) is 9.97 Å². The molecule has 0 saturated heterocycles. The maximum absolute atomic E-state index is 13.4. The molecular formula is C23H28N4O3S. The van der Waals surface area contributed by atoms with Crippen LogP contribution in [-0.2, 0) is 13.1 Å². The second kappa shape index (κ2) is 9.51. The Balaban J connectivity index is 2.12. The number of nitrogens with one attached hydrogen (secondary N) is 1. The molecule has 0 aliphatic carbocycles. The lowest BCUT2D eigenvalue weighted by atomic mass is 10.0. The number of hydrogen-bond acceptors (Lipinski definition) is 5. The molecular weight excluding hydrogens is 412 g/mol. The molecule has 3 rings (SSSR count). The molecule has 0 bridgehead atoms. The topological polar surface area (TPSA) is 88.1 Å². The number of carbonyl (C=O) groups is 1. The van der Waals surface area contributed by atoms with Crippen molar-refractivity contribution in [1.82, 2.24) is 19.4 Å². The molecule has 8 heteroatoms. The lowest BCUT2D eigenvalue weighted by Crippen LogP contribution is -2.34. The van der Waals surface area contributed by atoms with Crippen molar-refractivity contribution in [3.63, 3.8) is 0 Å². The summed E-state index contributed by atoms with van der Waals surface area (Å²) in [7, 11) is 1.71. The van der Waals surface area contributed by atoms with Gasteiger partial charge in [0.1, 0.15) is 0 Å². The highest BCUT2D eigenvalue weighted by Gasteiger charge is 2.22. The van der Waals surface area contributed by atoms with Crippen molar-refractivity contribution in [3.05, 3.63) is 68.0 Å². The molecule has 0 unspecified atom stereocenters. The molecule has 0 aliphatic heterocycles. The van der Waals surface area contributed by atoms with E-state index in [4.69, 9.17) is 0 Å². The van der Waals surface area contributed by atoms with Gasteiger partial charge in [-0.05, 0) is 42.4 Å². The molecule has 1 amide bonds. The average Bonchev–Trinajstić information content (AvgIpc) is 2.75. The standard InChI is InChI=1S/C23H28N4O3S/c1-6-11-27-20-19(21(28)25-23(27)30)17(12-18(24-20)14(2)3)22(29)26(4)13-15-7-9-16(31-5)10-8-15/h7-10,12,14H,6,11,13H2,1-5H3,(H,25,28,30). The zero-order valence-corrected chi connectivity index (χ0v) is 19.4. The fourth-order valence-electron chi connectivity index (χ4n) is 3.47. The summed E-state index contributed by atoms with van der Waals surface area (Å²) in [6.07, 6.45) is 2.71. The van der Waals surface area contributed by atoms with Crippen LogP contribution in [0, 0.1) is 0 Å². The van der Waals surface area contributed by atoms with Crippen LogP contribution in [0.2, 0.25) is 0 Å². The number of aryl methyl sites for hydroxylation is 1. The number of pyridine rings is 1. The molecule has 0 atom stereocenters. The van der Waals surface area contributed by atoms with Crippen molar-refractivity contribution >= 4 is 28.7 Å². The Hall–Kier alpha value is -2.87. The predicted octanol–water partition coefficient (Wildman–Crippen LogP) is 3.61. The third-order valence-electron chi connectivity index (χ3n) is 5.16. The number of H-pyrrole nitrogens is 1. The van der Waals surface area contributed by atoms with E-state index in [0.717, 1.165) is 10.5 Å². The summed E-state index contributed by atoms with van der Waals surface area (Å²) >= 11 is 1.66. The quantitative estimate of drug-likeness (QED) is 0.567. The average molecular weight is 441 g/mol. The minimum Gasteiger partial charge on any atom is -0.337 e. The van der Waals surface area contributed by atoms with E-state index in [1.807, 2.05) is 51.3 Å². The zero-order valence-electron chi connectivity index (χ0n) is 18.6. The largest absolute Gasteiger partial charge is 0.337 e. The normalized spacial score (nSPS) is 11.3. The van der Waals surface area contributed by atoms with E-state index < -0.39 is 11.2 Å². The molecule has 1 N–H and O–H groups in total. The van der Waals surface area contributed by atoms with Gasteiger partial charge in [-0.1, -0.05) is 32.9 Å². The van der Waals surface area contributed by atoms with Crippen LogP contribution in [0.25, 0.3) is 11.0 Å². The smallest absolute Gasteiger partial charge is 0.329 e. The van der Waals surface area contributed by atoms with Gasteiger partial charge in [-0.3, -0.25) is 19.1 Å². The molecule has 0 radical (unpaired) electrons. The van der Waals surface area contributed by atoms with E-state index in [9.17, 15) is 14.4 Å². The minimum atomic E-state index is -0.587. The van der Waals surface area contributed by atoms with Crippen molar-refractivity contribution < 1.29 is 4.79 Å². The first-order valence-corrected chi connectivity index (χ1v) is 11.5. The number of benzene rings is 1. The number of hydrogen-bond donors (Lipinski definition) is 1. The van der Waals surface area contributed by atoms with Crippen LogP contribution < -0.4 is 11.2 Å². The number of aromatic nitrogens is 3. The van der Waals surface area contributed by atoms with Gasteiger partial charge in [-0.25, -0.2) is 9.78 Å². The summed E-state index contributed by atoms with van der Waals surface area (Å²) in [5.41, 5.74) is 1.10. The molecule has 0 spiro atoms. The number of fused-ring (bicyclic) bond motifs is 1. The van der Waals surface area contributed by atoms with Crippen LogP contribution in [0.3, 0.4) is 0 Å². The number of carbonyl (C=O) groups excluding carboxylic acids is 1. The van der Waals surface area contributed by atoms with Gasteiger partial charge in [0.05, 0.1) is 10.9 Å². The molecule has 164 valence electrons. The summed E-state index contributed by atoms with van der Waals surface area (Å²) in [5, 5.41) is 0.159. The van der Waals surface area contributed by atoms with Gasteiger partial charge < -0.3 is 4.90 Å². The zero-order chi connectivity index (χ0) is 22.7. The third-order valence-corrected chi connectivity index (χ3v) is 5.91. The molecule has 0 aliphatic rings. The second-order valence-corrected chi connectivity index (χ2v) is 8.75. The second-order valence-electron chi connectivity index (χ2n) is 7.87. The van der Waals surface area contributed by atoms with E-state index in [0.29, 0.717) is 25.2 Å². The van der Waals surface area contributed by atoms with Crippen molar-refractivity contribution in [1.29, 1.82) is 0 Å². The van der Waals surface area contributed by atoms with Crippen LogP contribution in [0.4, 0.5) is 0 Å². The van der Waals surface area contributed by atoms with Gasteiger partial charge in [0, 0.05) is 30.7 Å². The molecule has 2 aromatic heterocycles. The highest BCUT2D eigenvalue weighted by molar-refractivity contribution is 7.98. The van der Waals surface area contributed by atoms with Crippen molar-refractivity contribution in [2.45, 2.75) is 51.1 Å². The molecule has 7 nitrogen and oxygen atoms in total. The fourth-order valence-corrected chi connectivity index (χ4v) is 3.88. The first-order valence-electron chi connectivity index (χ1n) is 10.3. The fraction of sp³-hybridized carbons (Fsp3) is 0.391. The summed E-state index contributed by atoms with van der Waals surface area (Å²) < 4.78 is 1.44. The van der Waals surface area contributed by atoms with E-state index in [-0.39, 0.29) is 28.4 Å². The molecule has 2 heterocycles. The molecule has 3 aromatic rings. The van der Waals surface area contributed by atoms with Gasteiger partial charge in [-0.2, -0.15) is 0 Å². The first kappa shape index (κ1) is 22.8. The first-order chi connectivity index (χ1) is 14.8. The molecule has 1 aromatic carbocycles. The van der Waals surface area contributed by atoms with Gasteiger partial charge in [-0.15, -0.1) is 11.8 Å². The third kappa shape index (κ3) is 4.74. The highest BCUT2D eigenvalue weighted by Crippen LogP contribution is 2.22. The van der Waals surface area contributed by atoms with Gasteiger partial charge in [0.25, 0.3) is 11.5 Å². The number of thioether (sulfide) groups is 1. The summed E-state index contributed by atoms with van der Waals surface area (Å²) in [6, 6.07) is 9.70. The van der Waals surface area contributed by atoms with Crippen LogP contribution in [-0.4, -0.2) is 38.6 Å². The summed E-state index contributed by atoms with van der Waals surface area (Å²) in [5.74, 6) is -0.250. The van der Waals surface area contributed by atoms with Crippen LogP contribution in [0.5, 0.6) is 0 Å². The highest BCUT2D eigenvalue weighted by atomic mass is 32.2. The van der Waals surface area contributed by atoms with Crippen LogP contribution in [0.15, 0.2) is 44.8 Å². The van der Waals surface area contributed by atoms with Crippen molar-refractivity contribution in [3.8, 4) is 0 Å². The van der Waals surface area contributed by atoms with Crippen LogP contribution in [0.1, 0.15) is 54.7 Å². The Kier molecular flexibility index (Phi) is 7.00. The van der Waals surface area contributed by atoms with Crippen LogP contribution >= 0.6 is 11.8 Å². The Morgan fingerprint density at radius 1 is 1.23 bits per heavy atom. The van der Waals surface area contributed by atoms with E-state index in [1.54, 1.807) is 29.8 Å². The molecule has 0 fully saturated rings. The number of rotatable bonds is 7. The molecule has 31 heavy (non-hydrogen) atoms. The molecule has 0 saturated carbocycles. The van der Waals surface area contributed by atoms with E-state index in [1.165, 1.54) is 4.57 Å². The van der Waals surface area contributed by atoms with Gasteiger partial charge in [0.15, 0.2) is 5.65 Å². The summed E-state index contributed by atoms with van der Waals surface area (Å²) in [4.78, 5) is 48.2. The number of aromatic amines is 1. The minimum absolute atomic E-state index is 0.0322. The Labute approximate surface area is 185 Å². The monoisotopic (exact) mass is 440 g/mol. The lowest BCUT2D eigenvalue weighted by Gasteiger charge is -2.20. The van der Waals surface area contributed by atoms with Gasteiger partial charge >= 0.3 is 5.69 Å². The number of nitrogens with zero attached hydrogens (tertiary/aromatic N) is 3. The summed E-state index contributed by atoms with van der Waals surface area (Å²) in [6.45, 7) is 6.69. The van der Waals surface area contributed by atoms with Gasteiger partial charge in [0.2, 0.25) is 0 Å². The maximum Gasteiger partial charge on any atom is 0.329 e. The Morgan fingerprint density at radius 3 is 2.48 bits per heavy atom. The SMILES string of the molecule is CCCn1c(=O)[nH]c(=O)c2c(C(=O)N(C)Cc3ccc(SC)cc3)cc(C(C)C)nc21. The lowest BCUT2D eigenvalue weighted by molar-refractivity contribution is 0.0786. The Morgan fingerprint density at radius 2 is 1.90 bits per heavy atom. The van der Waals surface area contributed by atoms with Crippen molar-refractivity contribution in [2.75, 3.05) is 13.3 Å². The predicted molar refractivity (Wildman–Crippen MR) is 125 cm³/mol. The van der Waals surface area contributed by atoms with E-state index >= 15 is 0 Å².